The zero-order valence-electron chi connectivity index (χ0n) is 12.5. The molecule has 1 aromatic carbocycles. The first-order chi connectivity index (χ1) is 9.31. The molecule has 2 nitrogen and oxygen atoms in total. The first-order valence-corrected chi connectivity index (χ1v) is 7.86. The number of hydrogen-bond donors (Lipinski definition) is 1. The van der Waals surface area contributed by atoms with Gasteiger partial charge in [-0.1, -0.05) is 25.8 Å². The maximum absolute atomic E-state index is 3.49. The van der Waals surface area contributed by atoms with Crippen molar-refractivity contribution in [3.8, 4) is 0 Å². The summed E-state index contributed by atoms with van der Waals surface area (Å²) in [5, 5.41) is 3.49. The maximum Gasteiger partial charge on any atom is 0.0369 e. The molecule has 0 unspecified atom stereocenters. The van der Waals surface area contributed by atoms with Gasteiger partial charge in [-0.15, -0.1) is 0 Å². The minimum atomic E-state index is 1.000. The van der Waals surface area contributed by atoms with Crippen molar-refractivity contribution < 1.29 is 0 Å². The topological polar surface area (TPSA) is 15.3 Å². The number of anilines is 1. The van der Waals surface area contributed by atoms with E-state index in [1.165, 1.54) is 62.0 Å². The van der Waals surface area contributed by atoms with Gasteiger partial charge in [-0.25, -0.2) is 0 Å². The number of aryl methyl sites for hydroxylation is 1. The molecule has 0 aliphatic carbocycles. The zero-order chi connectivity index (χ0) is 13.5. The summed E-state index contributed by atoms with van der Waals surface area (Å²) in [6.45, 7) is 9.01. The van der Waals surface area contributed by atoms with Crippen LogP contribution in [-0.4, -0.2) is 19.6 Å². The number of benzene rings is 1. The van der Waals surface area contributed by atoms with Crippen LogP contribution < -0.4 is 10.2 Å². The Bertz CT molecular complexity index is 379. The molecule has 1 aliphatic rings. The molecule has 0 radical (unpaired) electrons. The lowest BCUT2D eigenvalue weighted by atomic mass is 10.1. The Kier molecular flexibility index (Phi) is 5.71. The Morgan fingerprint density at radius 1 is 1.11 bits per heavy atom. The number of nitrogens with one attached hydrogen (secondary N) is 1. The molecule has 1 fully saturated rings. The molecule has 2 rings (SSSR count). The van der Waals surface area contributed by atoms with E-state index in [4.69, 9.17) is 0 Å². The van der Waals surface area contributed by atoms with Gasteiger partial charge < -0.3 is 10.2 Å². The summed E-state index contributed by atoms with van der Waals surface area (Å²) in [5.41, 5.74) is 4.27. The van der Waals surface area contributed by atoms with Crippen LogP contribution in [0.4, 0.5) is 5.69 Å². The Balaban J connectivity index is 2.00. The molecule has 2 heteroatoms. The summed E-state index contributed by atoms with van der Waals surface area (Å²) < 4.78 is 0. The predicted molar refractivity (Wildman–Crippen MR) is 83.9 cm³/mol. The normalized spacial score (nSPS) is 16.4. The standard InChI is InChI=1S/C17H28N2/c1-3-10-18-14-16-8-9-17(13-15(16)2)19-11-6-4-5-7-12-19/h8-9,13,18H,3-7,10-12,14H2,1-2H3. The molecule has 106 valence electrons. The molecule has 0 amide bonds. The highest BCUT2D eigenvalue weighted by atomic mass is 15.1. The van der Waals surface area contributed by atoms with Gasteiger partial charge in [-0.3, -0.25) is 0 Å². The highest BCUT2D eigenvalue weighted by Gasteiger charge is 2.10. The number of hydrogen-bond acceptors (Lipinski definition) is 2. The van der Waals surface area contributed by atoms with Gasteiger partial charge in [0.1, 0.15) is 0 Å². The van der Waals surface area contributed by atoms with Crippen molar-refractivity contribution in [3.63, 3.8) is 0 Å². The van der Waals surface area contributed by atoms with Crippen LogP contribution in [0.5, 0.6) is 0 Å². The van der Waals surface area contributed by atoms with Crippen molar-refractivity contribution in [2.24, 2.45) is 0 Å². The van der Waals surface area contributed by atoms with Gasteiger partial charge in [0.25, 0.3) is 0 Å². The average Bonchev–Trinajstić information content (AvgIpc) is 2.70. The van der Waals surface area contributed by atoms with Gasteiger partial charge in [0, 0.05) is 25.3 Å². The highest BCUT2D eigenvalue weighted by Crippen LogP contribution is 2.22. The van der Waals surface area contributed by atoms with E-state index in [1.807, 2.05) is 0 Å². The number of rotatable bonds is 5. The lowest BCUT2D eigenvalue weighted by molar-refractivity contribution is 0.673. The van der Waals surface area contributed by atoms with Crippen molar-refractivity contribution in [1.29, 1.82) is 0 Å². The van der Waals surface area contributed by atoms with Crippen LogP contribution in [0.3, 0.4) is 0 Å². The van der Waals surface area contributed by atoms with E-state index in [2.05, 4.69) is 42.3 Å². The van der Waals surface area contributed by atoms with Gasteiger partial charge in [-0.2, -0.15) is 0 Å². The van der Waals surface area contributed by atoms with E-state index in [1.54, 1.807) is 0 Å². The first kappa shape index (κ1) is 14.4. The van der Waals surface area contributed by atoms with Crippen molar-refractivity contribution in [3.05, 3.63) is 29.3 Å². The van der Waals surface area contributed by atoms with E-state index in [-0.39, 0.29) is 0 Å². The van der Waals surface area contributed by atoms with E-state index < -0.39 is 0 Å². The maximum atomic E-state index is 3.49. The molecule has 1 N–H and O–H groups in total. The van der Waals surface area contributed by atoms with Crippen LogP contribution in [-0.2, 0) is 6.54 Å². The molecule has 0 bridgehead atoms. The van der Waals surface area contributed by atoms with Gasteiger partial charge in [0.05, 0.1) is 0 Å². The zero-order valence-corrected chi connectivity index (χ0v) is 12.5. The number of nitrogens with zero attached hydrogens (tertiary/aromatic N) is 1. The third-order valence-electron chi connectivity index (χ3n) is 4.04. The third-order valence-corrected chi connectivity index (χ3v) is 4.04. The minimum Gasteiger partial charge on any atom is -0.372 e. The van der Waals surface area contributed by atoms with E-state index in [0.717, 1.165) is 13.1 Å². The Morgan fingerprint density at radius 3 is 2.47 bits per heavy atom. The summed E-state index contributed by atoms with van der Waals surface area (Å²) in [7, 11) is 0. The van der Waals surface area contributed by atoms with Gasteiger partial charge in [0.15, 0.2) is 0 Å². The van der Waals surface area contributed by atoms with Crippen LogP contribution in [0.15, 0.2) is 18.2 Å². The van der Waals surface area contributed by atoms with Crippen molar-refractivity contribution in [1.82, 2.24) is 5.32 Å². The lowest BCUT2D eigenvalue weighted by Crippen LogP contribution is -2.24. The largest absolute Gasteiger partial charge is 0.372 e. The second kappa shape index (κ2) is 7.54. The van der Waals surface area contributed by atoms with Crippen LogP contribution in [0.25, 0.3) is 0 Å². The van der Waals surface area contributed by atoms with Crippen LogP contribution in [0, 0.1) is 6.92 Å². The summed E-state index contributed by atoms with van der Waals surface area (Å²) in [6.07, 6.45) is 6.69. The first-order valence-electron chi connectivity index (χ1n) is 7.86. The smallest absolute Gasteiger partial charge is 0.0369 e. The Hall–Kier alpha value is -1.02. The van der Waals surface area contributed by atoms with E-state index in [9.17, 15) is 0 Å². The summed E-state index contributed by atoms with van der Waals surface area (Å²) in [4.78, 5) is 2.56. The summed E-state index contributed by atoms with van der Waals surface area (Å²) in [5.74, 6) is 0. The van der Waals surface area contributed by atoms with Gasteiger partial charge >= 0.3 is 0 Å². The van der Waals surface area contributed by atoms with Crippen molar-refractivity contribution in [2.45, 2.75) is 52.5 Å². The second-order valence-corrected chi connectivity index (χ2v) is 5.69. The second-order valence-electron chi connectivity index (χ2n) is 5.69. The molecule has 1 heterocycles. The molecule has 1 aliphatic heterocycles. The van der Waals surface area contributed by atoms with Gasteiger partial charge in [-0.05, 0) is 56.0 Å². The monoisotopic (exact) mass is 260 g/mol. The average molecular weight is 260 g/mol. The fourth-order valence-electron chi connectivity index (χ4n) is 2.80. The summed E-state index contributed by atoms with van der Waals surface area (Å²) in [6, 6.07) is 6.98. The SMILES string of the molecule is CCCNCc1ccc(N2CCCCCC2)cc1C. The van der Waals surface area contributed by atoms with Crippen LogP contribution in [0.1, 0.15) is 50.2 Å². The molecule has 1 aromatic rings. The Morgan fingerprint density at radius 2 is 1.84 bits per heavy atom. The lowest BCUT2D eigenvalue weighted by Gasteiger charge is -2.23. The quantitative estimate of drug-likeness (QED) is 0.808. The molecule has 0 atom stereocenters. The van der Waals surface area contributed by atoms with E-state index >= 15 is 0 Å². The molecule has 19 heavy (non-hydrogen) atoms. The highest BCUT2D eigenvalue weighted by molar-refractivity contribution is 5.51. The molecule has 0 aromatic heterocycles. The van der Waals surface area contributed by atoms with Crippen LogP contribution in [0.2, 0.25) is 0 Å². The predicted octanol–water partition coefficient (Wildman–Crippen LogP) is 3.88. The van der Waals surface area contributed by atoms with Crippen molar-refractivity contribution >= 4 is 5.69 Å². The van der Waals surface area contributed by atoms with Crippen molar-refractivity contribution in [2.75, 3.05) is 24.5 Å². The third kappa shape index (κ3) is 4.24. The Labute approximate surface area is 118 Å². The van der Waals surface area contributed by atoms with Gasteiger partial charge in [0.2, 0.25) is 0 Å². The molecule has 0 spiro atoms. The van der Waals surface area contributed by atoms with E-state index in [0.29, 0.717) is 0 Å². The molecular formula is C17H28N2. The molecular weight excluding hydrogens is 232 g/mol. The molecule has 0 saturated carbocycles. The minimum absolute atomic E-state index is 1.000. The van der Waals surface area contributed by atoms with Crippen LogP contribution >= 0.6 is 0 Å². The fraction of sp³-hybridized carbons (Fsp3) is 0.647. The summed E-state index contributed by atoms with van der Waals surface area (Å²) >= 11 is 0. The molecule has 1 saturated heterocycles. The fourth-order valence-corrected chi connectivity index (χ4v) is 2.80.